The second-order valence-corrected chi connectivity index (χ2v) is 5.09. The molecule has 0 spiro atoms. The number of nitrogens with zero attached hydrogens (tertiary/aromatic N) is 2. The quantitative estimate of drug-likeness (QED) is 0.659. The van der Waals surface area contributed by atoms with E-state index in [1.807, 2.05) is 19.4 Å². The Morgan fingerprint density at radius 1 is 1.05 bits per heavy atom. The summed E-state index contributed by atoms with van der Waals surface area (Å²) in [6.45, 7) is 4.16. The number of anilines is 3. The third-order valence-electron chi connectivity index (χ3n) is 2.80. The van der Waals surface area contributed by atoms with Crippen molar-refractivity contribution in [2.75, 3.05) is 23.9 Å². The van der Waals surface area contributed by atoms with Gasteiger partial charge >= 0.3 is 0 Å². The Labute approximate surface area is 118 Å². The van der Waals surface area contributed by atoms with E-state index in [1.54, 1.807) is 0 Å². The van der Waals surface area contributed by atoms with Crippen LogP contribution in [0.4, 0.5) is 17.3 Å². The Hall–Kier alpha value is -1.75. The van der Waals surface area contributed by atoms with Gasteiger partial charge in [0, 0.05) is 18.8 Å². The molecule has 5 heteroatoms. The monoisotopic (exact) mass is 274 g/mol. The van der Waals surface area contributed by atoms with Crippen LogP contribution in [0.2, 0.25) is 0 Å². The highest BCUT2D eigenvalue weighted by Crippen LogP contribution is 2.23. The Bertz CT molecular complexity index is 561. The maximum absolute atomic E-state index is 4.47. The molecule has 0 aliphatic carbocycles. The zero-order valence-electron chi connectivity index (χ0n) is 11.6. The van der Waals surface area contributed by atoms with E-state index in [2.05, 4.69) is 52.6 Å². The molecule has 2 aromatic rings. The van der Waals surface area contributed by atoms with Crippen LogP contribution >= 0.6 is 11.8 Å². The predicted octanol–water partition coefficient (Wildman–Crippen LogP) is 3.60. The van der Waals surface area contributed by atoms with E-state index in [1.165, 1.54) is 22.9 Å². The Morgan fingerprint density at radius 2 is 1.79 bits per heavy atom. The molecule has 0 aliphatic heterocycles. The highest BCUT2D eigenvalue weighted by molar-refractivity contribution is 7.98. The van der Waals surface area contributed by atoms with E-state index in [0.717, 1.165) is 22.5 Å². The summed E-state index contributed by atoms with van der Waals surface area (Å²) in [7, 11) is 1.86. The normalized spacial score (nSPS) is 10.3. The summed E-state index contributed by atoms with van der Waals surface area (Å²) in [6, 6.07) is 8.23. The van der Waals surface area contributed by atoms with Crippen LogP contribution < -0.4 is 10.6 Å². The number of benzene rings is 1. The van der Waals surface area contributed by atoms with Crippen LogP contribution in [0, 0.1) is 13.8 Å². The van der Waals surface area contributed by atoms with Crippen LogP contribution in [-0.4, -0.2) is 23.3 Å². The summed E-state index contributed by atoms with van der Waals surface area (Å²) in [4.78, 5) is 8.82. The van der Waals surface area contributed by atoms with E-state index in [9.17, 15) is 0 Å². The zero-order chi connectivity index (χ0) is 13.8. The standard InChI is InChI=1S/C14H18N4S/c1-9-5-6-10(2)11(7-9)16-13-8-12(15-3)17-14(18-13)19-4/h5-8H,1-4H3,(H2,15,16,17,18). The first-order valence-electron chi connectivity index (χ1n) is 6.07. The van der Waals surface area contributed by atoms with Crippen molar-refractivity contribution in [3.8, 4) is 0 Å². The van der Waals surface area contributed by atoms with Crippen molar-refractivity contribution in [3.63, 3.8) is 0 Å². The van der Waals surface area contributed by atoms with E-state index < -0.39 is 0 Å². The highest BCUT2D eigenvalue weighted by atomic mass is 32.2. The van der Waals surface area contributed by atoms with Crippen LogP contribution in [-0.2, 0) is 0 Å². The molecule has 1 aromatic carbocycles. The van der Waals surface area contributed by atoms with Gasteiger partial charge in [0.1, 0.15) is 11.6 Å². The molecule has 0 aliphatic rings. The van der Waals surface area contributed by atoms with Gasteiger partial charge in [-0.15, -0.1) is 0 Å². The van der Waals surface area contributed by atoms with Gasteiger partial charge in [-0.2, -0.15) is 0 Å². The summed E-state index contributed by atoms with van der Waals surface area (Å²) in [5.74, 6) is 1.62. The minimum absolute atomic E-state index is 0.750. The smallest absolute Gasteiger partial charge is 0.191 e. The summed E-state index contributed by atoms with van der Waals surface area (Å²) >= 11 is 1.53. The van der Waals surface area contributed by atoms with Gasteiger partial charge in [0.2, 0.25) is 0 Å². The number of nitrogens with one attached hydrogen (secondary N) is 2. The first kappa shape index (κ1) is 13.7. The van der Waals surface area contributed by atoms with E-state index in [0.29, 0.717) is 0 Å². The van der Waals surface area contributed by atoms with Gasteiger partial charge in [-0.05, 0) is 37.3 Å². The maximum atomic E-state index is 4.47. The van der Waals surface area contributed by atoms with Crippen molar-refractivity contribution in [2.24, 2.45) is 0 Å². The van der Waals surface area contributed by atoms with E-state index in [4.69, 9.17) is 0 Å². The third kappa shape index (κ3) is 3.38. The maximum Gasteiger partial charge on any atom is 0.191 e. The van der Waals surface area contributed by atoms with Crippen LogP contribution in [0.15, 0.2) is 29.4 Å². The fourth-order valence-electron chi connectivity index (χ4n) is 1.72. The number of aryl methyl sites for hydroxylation is 2. The number of rotatable bonds is 4. The fourth-order valence-corrected chi connectivity index (χ4v) is 2.10. The molecule has 0 atom stereocenters. The molecule has 4 nitrogen and oxygen atoms in total. The minimum atomic E-state index is 0.750. The number of hydrogen-bond donors (Lipinski definition) is 2. The average molecular weight is 274 g/mol. The lowest BCUT2D eigenvalue weighted by atomic mass is 10.1. The zero-order valence-corrected chi connectivity index (χ0v) is 12.4. The molecular weight excluding hydrogens is 256 g/mol. The van der Waals surface area contributed by atoms with Crippen molar-refractivity contribution >= 4 is 29.1 Å². The molecule has 1 heterocycles. The minimum Gasteiger partial charge on any atom is -0.373 e. The SMILES string of the molecule is CNc1cc(Nc2cc(C)ccc2C)nc(SC)n1. The van der Waals surface area contributed by atoms with Crippen LogP contribution in [0.5, 0.6) is 0 Å². The summed E-state index contributed by atoms with van der Waals surface area (Å²) in [5.41, 5.74) is 3.50. The molecule has 0 saturated carbocycles. The lowest BCUT2D eigenvalue weighted by molar-refractivity contribution is 0.977. The number of thioether (sulfide) groups is 1. The van der Waals surface area contributed by atoms with Crippen molar-refractivity contribution < 1.29 is 0 Å². The molecule has 0 unspecified atom stereocenters. The van der Waals surface area contributed by atoms with Crippen molar-refractivity contribution in [1.82, 2.24) is 9.97 Å². The molecule has 2 N–H and O–H groups in total. The first-order chi connectivity index (χ1) is 9.12. The Balaban J connectivity index is 2.34. The molecule has 0 amide bonds. The Kier molecular flexibility index (Phi) is 4.27. The highest BCUT2D eigenvalue weighted by Gasteiger charge is 2.05. The molecular formula is C14H18N4S. The molecule has 0 saturated heterocycles. The van der Waals surface area contributed by atoms with Gasteiger partial charge in [-0.25, -0.2) is 9.97 Å². The van der Waals surface area contributed by atoms with Crippen molar-refractivity contribution in [2.45, 2.75) is 19.0 Å². The molecule has 0 bridgehead atoms. The lowest BCUT2D eigenvalue weighted by Gasteiger charge is -2.11. The predicted molar refractivity (Wildman–Crippen MR) is 82.6 cm³/mol. The molecule has 1 aromatic heterocycles. The van der Waals surface area contributed by atoms with Gasteiger partial charge in [0.25, 0.3) is 0 Å². The van der Waals surface area contributed by atoms with Gasteiger partial charge in [0.15, 0.2) is 5.16 Å². The lowest BCUT2D eigenvalue weighted by Crippen LogP contribution is -2.01. The van der Waals surface area contributed by atoms with Crippen LogP contribution in [0.1, 0.15) is 11.1 Å². The second-order valence-electron chi connectivity index (χ2n) is 4.32. The average Bonchev–Trinajstić information content (AvgIpc) is 2.42. The fraction of sp³-hybridized carbons (Fsp3) is 0.286. The number of hydrogen-bond acceptors (Lipinski definition) is 5. The number of aromatic nitrogens is 2. The molecule has 100 valence electrons. The second kappa shape index (κ2) is 5.93. The van der Waals surface area contributed by atoms with Crippen LogP contribution in [0.25, 0.3) is 0 Å². The molecule has 19 heavy (non-hydrogen) atoms. The van der Waals surface area contributed by atoms with E-state index in [-0.39, 0.29) is 0 Å². The van der Waals surface area contributed by atoms with E-state index >= 15 is 0 Å². The largest absolute Gasteiger partial charge is 0.373 e. The van der Waals surface area contributed by atoms with Gasteiger partial charge in [-0.1, -0.05) is 23.9 Å². The van der Waals surface area contributed by atoms with Crippen molar-refractivity contribution in [1.29, 1.82) is 0 Å². The Morgan fingerprint density at radius 3 is 2.47 bits per heavy atom. The summed E-state index contributed by atoms with van der Waals surface area (Å²) in [6.07, 6.45) is 1.97. The first-order valence-corrected chi connectivity index (χ1v) is 7.30. The van der Waals surface area contributed by atoms with Gasteiger partial charge in [-0.3, -0.25) is 0 Å². The third-order valence-corrected chi connectivity index (χ3v) is 3.35. The van der Waals surface area contributed by atoms with Gasteiger partial charge in [0.05, 0.1) is 0 Å². The van der Waals surface area contributed by atoms with Gasteiger partial charge < -0.3 is 10.6 Å². The summed E-state index contributed by atoms with van der Waals surface area (Å²) < 4.78 is 0. The molecule has 2 rings (SSSR count). The molecule has 0 fully saturated rings. The van der Waals surface area contributed by atoms with Crippen molar-refractivity contribution in [3.05, 3.63) is 35.4 Å². The van der Waals surface area contributed by atoms with Crippen LogP contribution in [0.3, 0.4) is 0 Å². The topological polar surface area (TPSA) is 49.8 Å². The molecule has 0 radical (unpaired) electrons. The summed E-state index contributed by atoms with van der Waals surface area (Å²) in [5, 5.41) is 7.16.